The van der Waals surface area contributed by atoms with Crippen LogP contribution in [0.4, 0.5) is 0 Å². The fraction of sp³-hybridized carbons (Fsp3) is 0.353. The second-order valence-electron chi connectivity index (χ2n) is 5.91. The molecule has 1 N–H and O–H groups in total. The third-order valence-corrected chi connectivity index (χ3v) is 5.45. The lowest BCUT2D eigenvalue weighted by atomic mass is 10.2. The third-order valence-electron chi connectivity index (χ3n) is 3.80. The molecule has 0 radical (unpaired) electrons. The number of esters is 1. The van der Waals surface area contributed by atoms with Crippen molar-refractivity contribution in [3.63, 3.8) is 0 Å². The number of fused-ring (bicyclic) bond motifs is 1. The molecular weight excluding hydrogens is 364 g/mol. The molecule has 0 aliphatic heterocycles. The Bertz CT molecular complexity index is 831. The highest BCUT2D eigenvalue weighted by molar-refractivity contribution is 7.21. The van der Waals surface area contributed by atoms with E-state index in [0.29, 0.717) is 5.02 Å². The Labute approximate surface area is 153 Å². The summed E-state index contributed by atoms with van der Waals surface area (Å²) >= 11 is 7.44. The molecule has 132 valence electrons. The van der Waals surface area contributed by atoms with E-state index in [9.17, 15) is 14.4 Å². The van der Waals surface area contributed by atoms with Crippen LogP contribution in [0.3, 0.4) is 0 Å². The van der Waals surface area contributed by atoms with Crippen molar-refractivity contribution in [3.8, 4) is 0 Å². The number of carbonyl (C=O) groups is 3. The molecule has 1 aromatic carbocycles. The molecule has 3 rings (SSSR count). The molecule has 0 saturated heterocycles. The summed E-state index contributed by atoms with van der Waals surface area (Å²) in [5.41, 5.74) is 0. The van der Waals surface area contributed by atoms with Gasteiger partial charge in [-0.2, -0.15) is 0 Å². The summed E-state index contributed by atoms with van der Waals surface area (Å²) in [6.07, 6.45) is 1.97. The minimum absolute atomic E-state index is 0.0590. The van der Waals surface area contributed by atoms with Gasteiger partial charge < -0.3 is 15.0 Å². The van der Waals surface area contributed by atoms with Crippen molar-refractivity contribution in [3.05, 3.63) is 34.2 Å². The van der Waals surface area contributed by atoms with Gasteiger partial charge in [-0.25, -0.2) is 4.79 Å². The van der Waals surface area contributed by atoms with E-state index < -0.39 is 18.5 Å². The van der Waals surface area contributed by atoms with Crippen molar-refractivity contribution in [1.82, 2.24) is 10.2 Å². The minimum atomic E-state index is -0.643. The predicted octanol–water partition coefficient (Wildman–Crippen LogP) is 2.45. The summed E-state index contributed by atoms with van der Waals surface area (Å²) in [7, 11) is 1.50. The number of hydrogen-bond donors (Lipinski definition) is 1. The molecular formula is C17H17ClN2O4S. The molecule has 1 aliphatic carbocycles. The topological polar surface area (TPSA) is 75.7 Å². The van der Waals surface area contributed by atoms with Crippen LogP contribution in [-0.2, 0) is 14.3 Å². The number of benzene rings is 1. The van der Waals surface area contributed by atoms with Crippen LogP contribution in [0.1, 0.15) is 22.5 Å². The summed E-state index contributed by atoms with van der Waals surface area (Å²) in [6, 6.07) is 7.61. The zero-order valence-corrected chi connectivity index (χ0v) is 15.2. The monoisotopic (exact) mass is 380 g/mol. The Balaban J connectivity index is 1.54. The maximum absolute atomic E-state index is 12.2. The van der Waals surface area contributed by atoms with E-state index in [0.717, 1.165) is 22.9 Å². The molecule has 1 aliphatic rings. The van der Waals surface area contributed by atoms with E-state index in [1.165, 1.54) is 23.3 Å². The van der Waals surface area contributed by atoms with Gasteiger partial charge in [0.1, 0.15) is 4.88 Å². The van der Waals surface area contributed by atoms with Crippen LogP contribution in [0.5, 0.6) is 0 Å². The first kappa shape index (κ1) is 17.7. The number of amides is 2. The molecule has 0 unspecified atom stereocenters. The fourth-order valence-corrected chi connectivity index (χ4v) is 3.66. The van der Waals surface area contributed by atoms with Crippen molar-refractivity contribution >= 4 is 50.8 Å². The van der Waals surface area contributed by atoms with Crippen LogP contribution in [0, 0.1) is 0 Å². The first-order chi connectivity index (χ1) is 12.0. The van der Waals surface area contributed by atoms with E-state index in [2.05, 4.69) is 5.32 Å². The highest BCUT2D eigenvalue weighted by Gasteiger charge is 2.25. The predicted molar refractivity (Wildman–Crippen MR) is 95.9 cm³/mol. The maximum Gasteiger partial charge on any atom is 0.350 e. The lowest BCUT2D eigenvalue weighted by Gasteiger charge is -2.16. The molecule has 2 amide bonds. The number of thiophene rings is 1. The number of nitrogens with one attached hydrogen (secondary N) is 1. The number of likely N-dealkylation sites (N-methyl/N-ethyl adjacent to an activating group) is 1. The Kier molecular flexibility index (Phi) is 5.24. The average molecular weight is 381 g/mol. The van der Waals surface area contributed by atoms with Gasteiger partial charge in [0, 0.05) is 23.2 Å². The fourth-order valence-electron chi connectivity index (χ4n) is 2.25. The van der Waals surface area contributed by atoms with E-state index in [1.54, 1.807) is 0 Å². The Hall–Kier alpha value is -2.12. The van der Waals surface area contributed by atoms with Crippen LogP contribution in [0.2, 0.25) is 5.02 Å². The Morgan fingerprint density at radius 1 is 1.32 bits per heavy atom. The molecule has 25 heavy (non-hydrogen) atoms. The molecule has 1 heterocycles. The Morgan fingerprint density at radius 2 is 2.04 bits per heavy atom. The van der Waals surface area contributed by atoms with Gasteiger partial charge in [-0.05, 0) is 18.9 Å². The molecule has 1 fully saturated rings. The van der Waals surface area contributed by atoms with Crippen LogP contribution in [0.15, 0.2) is 24.3 Å². The largest absolute Gasteiger partial charge is 0.451 e. The average Bonchev–Trinajstić information content (AvgIpc) is 3.34. The van der Waals surface area contributed by atoms with Crippen LogP contribution in [-0.4, -0.2) is 48.9 Å². The zero-order valence-electron chi connectivity index (χ0n) is 13.6. The van der Waals surface area contributed by atoms with Crippen molar-refractivity contribution in [2.45, 2.75) is 18.9 Å². The number of rotatable bonds is 6. The molecule has 6 nitrogen and oxygen atoms in total. The molecule has 0 atom stereocenters. The summed E-state index contributed by atoms with van der Waals surface area (Å²) in [6.45, 7) is -0.493. The van der Waals surface area contributed by atoms with Gasteiger partial charge in [-0.1, -0.05) is 29.8 Å². The normalized spacial score (nSPS) is 13.5. The van der Waals surface area contributed by atoms with Crippen LogP contribution in [0.25, 0.3) is 10.1 Å². The number of ether oxygens (including phenoxy) is 1. The number of halogens is 1. The summed E-state index contributed by atoms with van der Waals surface area (Å²) in [4.78, 5) is 37.4. The SMILES string of the molecule is CN(CC(=O)NC1CC1)C(=O)COC(=O)c1sc2ccccc2c1Cl. The highest BCUT2D eigenvalue weighted by Crippen LogP contribution is 2.35. The second kappa shape index (κ2) is 7.41. The summed E-state index contributed by atoms with van der Waals surface area (Å²) < 4.78 is 5.94. The second-order valence-corrected chi connectivity index (χ2v) is 7.34. The van der Waals surface area contributed by atoms with E-state index in [1.807, 2.05) is 24.3 Å². The van der Waals surface area contributed by atoms with Gasteiger partial charge in [0.25, 0.3) is 5.91 Å². The van der Waals surface area contributed by atoms with Crippen molar-refractivity contribution in [2.75, 3.05) is 20.2 Å². The van der Waals surface area contributed by atoms with E-state index >= 15 is 0 Å². The number of carbonyl (C=O) groups excluding carboxylic acids is 3. The molecule has 1 saturated carbocycles. The van der Waals surface area contributed by atoms with Crippen molar-refractivity contribution < 1.29 is 19.1 Å². The smallest absolute Gasteiger partial charge is 0.350 e. The van der Waals surface area contributed by atoms with Crippen LogP contribution >= 0.6 is 22.9 Å². The van der Waals surface area contributed by atoms with Crippen molar-refractivity contribution in [1.29, 1.82) is 0 Å². The quantitative estimate of drug-likeness (QED) is 0.781. The van der Waals surface area contributed by atoms with Gasteiger partial charge in [-0.15, -0.1) is 11.3 Å². The first-order valence-electron chi connectivity index (χ1n) is 7.83. The summed E-state index contributed by atoms with van der Waals surface area (Å²) in [5.74, 6) is -1.30. The maximum atomic E-state index is 12.2. The zero-order chi connectivity index (χ0) is 18.0. The van der Waals surface area contributed by atoms with Crippen LogP contribution < -0.4 is 5.32 Å². The summed E-state index contributed by atoms with van der Waals surface area (Å²) in [5, 5.41) is 3.90. The van der Waals surface area contributed by atoms with E-state index in [-0.39, 0.29) is 23.4 Å². The standard InChI is InChI=1S/C17H17ClN2O4S/c1-20(8-13(21)19-10-6-7-10)14(22)9-24-17(23)16-15(18)11-4-2-3-5-12(11)25-16/h2-5,10H,6-9H2,1H3,(H,19,21). The Morgan fingerprint density at radius 3 is 2.72 bits per heavy atom. The molecule has 0 spiro atoms. The highest BCUT2D eigenvalue weighted by atomic mass is 35.5. The van der Waals surface area contributed by atoms with Gasteiger partial charge in [0.05, 0.1) is 11.6 Å². The van der Waals surface area contributed by atoms with Crippen molar-refractivity contribution in [2.24, 2.45) is 0 Å². The van der Waals surface area contributed by atoms with Gasteiger partial charge >= 0.3 is 5.97 Å². The molecule has 8 heteroatoms. The lowest BCUT2D eigenvalue weighted by molar-refractivity contribution is -0.137. The lowest BCUT2D eigenvalue weighted by Crippen LogP contribution is -2.40. The number of nitrogens with zero attached hydrogens (tertiary/aromatic N) is 1. The van der Waals surface area contributed by atoms with E-state index in [4.69, 9.17) is 16.3 Å². The molecule has 0 bridgehead atoms. The third kappa shape index (κ3) is 4.29. The van der Waals surface area contributed by atoms with Gasteiger partial charge in [-0.3, -0.25) is 9.59 Å². The molecule has 2 aromatic rings. The minimum Gasteiger partial charge on any atom is -0.451 e. The first-order valence-corrected chi connectivity index (χ1v) is 9.02. The van der Waals surface area contributed by atoms with Gasteiger partial charge in [0.15, 0.2) is 6.61 Å². The number of hydrogen-bond acceptors (Lipinski definition) is 5. The molecule has 1 aromatic heterocycles. The van der Waals surface area contributed by atoms with Gasteiger partial charge in [0.2, 0.25) is 5.91 Å².